The summed E-state index contributed by atoms with van der Waals surface area (Å²) in [7, 11) is 3.19. The van der Waals surface area contributed by atoms with Crippen molar-refractivity contribution in [3.8, 4) is 11.5 Å². The third-order valence-corrected chi connectivity index (χ3v) is 3.63. The van der Waals surface area contributed by atoms with Crippen molar-refractivity contribution in [2.45, 2.75) is 38.4 Å². The highest BCUT2D eigenvalue weighted by Crippen LogP contribution is 2.41. The Kier molecular flexibility index (Phi) is 3.99. The fourth-order valence-electron chi connectivity index (χ4n) is 2.61. The lowest BCUT2D eigenvalue weighted by Gasteiger charge is -2.23. The van der Waals surface area contributed by atoms with E-state index in [1.165, 1.54) is 13.8 Å². The van der Waals surface area contributed by atoms with Crippen molar-refractivity contribution in [3.63, 3.8) is 0 Å². The standard InChI is InChI=1S/C15H22FNO2/c1-15(2,16)11-9-13(18-3)10(8-14(11)19-4)12-6-5-7-17-12/h8-9,12,17H,5-7H2,1-4H3. The van der Waals surface area contributed by atoms with E-state index < -0.39 is 5.67 Å². The fraction of sp³-hybridized carbons (Fsp3) is 0.600. The van der Waals surface area contributed by atoms with Crippen LogP contribution >= 0.6 is 0 Å². The molecule has 1 aliphatic rings. The summed E-state index contributed by atoms with van der Waals surface area (Å²) >= 11 is 0. The molecule has 1 aromatic carbocycles. The van der Waals surface area contributed by atoms with Crippen molar-refractivity contribution in [1.29, 1.82) is 0 Å². The van der Waals surface area contributed by atoms with Gasteiger partial charge in [0.15, 0.2) is 0 Å². The predicted octanol–water partition coefficient (Wildman–Crippen LogP) is 3.33. The maximum absolute atomic E-state index is 14.2. The smallest absolute Gasteiger partial charge is 0.134 e. The largest absolute Gasteiger partial charge is 0.496 e. The molecule has 19 heavy (non-hydrogen) atoms. The lowest BCUT2D eigenvalue weighted by atomic mass is 9.94. The van der Waals surface area contributed by atoms with Crippen LogP contribution in [0.15, 0.2) is 12.1 Å². The van der Waals surface area contributed by atoms with E-state index in [1.54, 1.807) is 20.3 Å². The molecule has 1 unspecified atom stereocenters. The summed E-state index contributed by atoms with van der Waals surface area (Å²) in [5.74, 6) is 1.30. The van der Waals surface area contributed by atoms with Crippen LogP contribution in [-0.2, 0) is 5.67 Å². The van der Waals surface area contributed by atoms with Crippen molar-refractivity contribution in [2.24, 2.45) is 0 Å². The van der Waals surface area contributed by atoms with Gasteiger partial charge >= 0.3 is 0 Å². The van der Waals surface area contributed by atoms with Crippen LogP contribution in [0.1, 0.15) is 43.9 Å². The molecule has 106 valence electrons. The molecule has 1 heterocycles. The minimum Gasteiger partial charge on any atom is -0.496 e. The first kappa shape index (κ1) is 14.1. The Labute approximate surface area is 114 Å². The van der Waals surface area contributed by atoms with Crippen LogP contribution in [-0.4, -0.2) is 20.8 Å². The van der Waals surface area contributed by atoms with Crippen LogP contribution in [0.4, 0.5) is 4.39 Å². The number of benzene rings is 1. The van der Waals surface area contributed by atoms with Crippen LogP contribution in [0.25, 0.3) is 0 Å². The molecule has 0 saturated carbocycles. The second kappa shape index (κ2) is 5.37. The predicted molar refractivity (Wildman–Crippen MR) is 73.7 cm³/mol. The molecule has 0 aliphatic carbocycles. The van der Waals surface area contributed by atoms with E-state index in [0.717, 1.165) is 30.7 Å². The monoisotopic (exact) mass is 267 g/mol. The van der Waals surface area contributed by atoms with Crippen LogP contribution in [0, 0.1) is 0 Å². The van der Waals surface area contributed by atoms with Crippen molar-refractivity contribution >= 4 is 0 Å². The first-order chi connectivity index (χ1) is 8.97. The molecule has 3 nitrogen and oxygen atoms in total. The summed E-state index contributed by atoms with van der Waals surface area (Å²) in [5.41, 5.74) is 0.110. The molecule has 1 saturated heterocycles. The van der Waals surface area contributed by atoms with Crippen molar-refractivity contribution in [3.05, 3.63) is 23.3 Å². The van der Waals surface area contributed by atoms with E-state index in [9.17, 15) is 4.39 Å². The average Bonchev–Trinajstić information content (AvgIpc) is 2.89. The van der Waals surface area contributed by atoms with Crippen LogP contribution in [0.5, 0.6) is 11.5 Å². The second-order valence-corrected chi connectivity index (χ2v) is 5.42. The number of nitrogens with one attached hydrogen (secondary N) is 1. The highest BCUT2D eigenvalue weighted by Gasteiger charge is 2.28. The molecule has 2 rings (SSSR count). The molecule has 0 bridgehead atoms. The van der Waals surface area contributed by atoms with Crippen molar-refractivity contribution < 1.29 is 13.9 Å². The first-order valence-electron chi connectivity index (χ1n) is 6.66. The molecule has 0 aromatic heterocycles. The molecule has 1 atom stereocenters. The van der Waals surface area contributed by atoms with Crippen molar-refractivity contribution in [2.75, 3.05) is 20.8 Å². The van der Waals surface area contributed by atoms with Crippen LogP contribution < -0.4 is 14.8 Å². The van der Waals surface area contributed by atoms with Crippen molar-refractivity contribution in [1.82, 2.24) is 5.32 Å². The van der Waals surface area contributed by atoms with Gasteiger partial charge in [-0.15, -0.1) is 0 Å². The molecule has 1 fully saturated rings. The summed E-state index contributed by atoms with van der Waals surface area (Å²) < 4.78 is 25.0. The van der Waals surface area contributed by atoms with Gasteiger partial charge in [0.1, 0.15) is 17.2 Å². The van der Waals surface area contributed by atoms with Gasteiger partial charge in [-0.2, -0.15) is 0 Å². The molecule has 4 heteroatoms. The quantitative estimate of drug-likeness (QED) is 0.907. The maximum Gasteiger partial charge on any atom is 0.134 e. The Balaban J connectivity index is 2.50. The lowest BCUT2D eigenvalue weighted by Crippen LogP contribution is -2.16. The molecule has 1 aliphatic heterocycles. The van der Waals surface area contributed by atoms with Gasteiger partial charge in [0.05, 0.1) is 14.2 Å². The Morgan fingerprint density at radius 2 is 1.89 bits per heavy atom. The Morgan fingerprint density at radius 1 is 1.21 bits per heavy atom. The van der Waals surface area contributed by atoms with E-state index in [2.05, 4.69) is 5.32 Å². The number of methoxy groups -OCH3 is 2. The van der Waals surface area contributed by atoms with Gasteiger partial charge in [-0.25, -0.2) is 4.39 Å². The molecule has 0 spiro atoms. The minimum absolute atomic E-state index is 0.264. The first-order valence-corrected chi connectivity index (χ1v) is 6.66. The number of alkyl halides is 1. The molecular weight excluding hydrogens is 245 g/mol. The second-order valence-electron chi connectivity index (χ2n) is 5.42. The summed E-state index contributed by atoms with van der Waals surface area (Å²) in [6.07, 6.45) is 2.21. The summed E-state index contributed by atoms with van der Waals surface area (Å²) in [6.45, 7) is 4.06. The Bertz CT molecular complexity index is 448. The van der Waals surface area contributed by atoms with Gasteiger partial charge < -0.3 is 14.8 Å². The summed E-state index contributed by atoms with van der Waals surface area (Å²) in [5, 5.41) is 3.43. The van der Waals surface area contributed by atoms with Gasteiger partial charge in [-0.3, -0.25) is 0 Å². The Hall–Kier alpha value is -1.29. The van der Waals surface area contributed by atoms with Crippen LogP contribution in [0.3, 0.4) is 0 Å². The third kappa shape index (κ3) is 2.84. The van der Waals surface area contributed by atoms with E-state index in [4.69, 9.17) is 9.47 Å². The molecule has 0 amide bonds. The van der Waals surface area contributed by atoms with Crippen LogP contribution in [0.2, 0.25) is 0 Å². The molecule has 0 radical (unpaired) electrons. The highest BCUT2D eigenvalue weighted by molar-refractivity contribution is 5.50. The average molecular weight is 267 g/mol. The number of hydrogen-bond acceptors (Lipinski definition) is 3. The van der Waals surface area contributed by atoms with E-state index >= 15 is 0 Å². The highest BCUT2D eigenvalue weighted by atomic mass is 19.1. The summed E-state index contributed by atoms with van der Waals surface area (Å²) in [6, 6.07) is 3.92. The van der Waals surface area contributed by atoms with E-state index in [-0.39, 0.29) is 6.04 Å². The lowest BCUT2D eigenvalue weighted by molar-refractivity contribution is 0.212. The number of rotatable bonds is 4. The van der Waals surface area contributed by atoms with Gasteiger partial charge in [0.25, 0.3) is 0 Å². The third-order valence-electron chi connectivity index (χ3n) is 3.63. The van der Waals surface area contributed by atoms with Gasteiger partial charge in [0, 0.05) is 17.2 Å². The zero-order valence-electron chi connectivity index (χ0n) is 12.0. The zero-order chi connectivity index (χ0) is 14.0. The minimum atomic E-state index is -1.46. The Morgan fingerprint density at radius 3 is 2.37 bits per heavy atom. The number of halogens is 1. The van der Waals surface area contributed by atoms with E-state index in [0.29, 0.717) is 11.3 Å². The van der Waals surface area contributed by atoms with Gasteiger partial charge in [-0.05, 0) is 45.4 Å². The summed E-state index contributed by atoms with van der Waals surface area (Å²) in [4.78, 5) is 0. The number of ether oxygens (including phenoxy) is 2. The fourth-order valence-corrected chi connectivity index (χ4v) is 2.61. The topological polar surface area (TPSA) is 30.5 Å². The van der Waals surface area contributed by atoms with Gasteiger partial charge in [-0.1, -0.05) is 0 Å². The molecule has 1 N–H and O–H groups in total. The normalized spacial score (nSPS) is 19.5. The maximum atomic E-state index is 14.2. The molecule has 1 aromatic rings. The SMILES string of the molecule is COc1cc(C(C)(C)F)c(OC)cc1C1CCCN1. The number of hydrogen-bond donors (Lipinski definition) is 1. The van der Waals surface area contributed by atoms with E-state index in [1.807, 2.05) is 6.07 Å². The molecular formula is C15H22FNO2. The zero-order valence-corrected chi connectivity index (χ0v) is 12.0. The van der Waals surface area contributed by atoms with Gasteiger partial charge in [0.2, 0.25) is 0 Å².